The first kappa shape index (κ1) is 10.5. The number of hydrogen-bond donors (Lipinski definition) is 0. The highest BCUT2D eigenvalue weighted by Gasteiger charge is 2.11. The zero-order valence-electron chi connectivity index (χ0n) is 5.57. The third-order valence-corrected chi connectivity index (χ3v) is 4.35. The molecule has 0 saturated heterocycles. The maximum Gasteiger partial charge on any atom is 0.151 e. The first-order valence-electron chi connectivity index (χ1n) is 2.86. The van der Waals surface area contributed by atoms with Gasteiger partial charge in [-0.2, -0.15) is 0 Å². The second-order valence-corrected chi connectivity index (χ2v) is 4.41. The Labute approximate surface area is 96.3 Å². The zero-order chi connectivity index (χ0) is 9.30. The van der Waals surface area contributed by atoms with Crippen molar-refractivity contribution in [2.75, 3.05) is 0 Å². The zero-order valence-corrected chi connectivity index (χ0v) is 10.3. The van der Waals surface area contributed by atoms with Gasteiger partial charge in [-0.05, 0) is 37.9 Å². The molecule has 5 heteroatoms. The molecule has 0 N–H and O–H groups in total. The summed E-state index contributed by atoms with van der Waals surface area (Å²) in [4.78, 5) is 10.5. The lowest BCUT2D eigenvalue weighted by atomic mass is 10.2. The molecule has 1 aromatic rings. The van der Waals surface area contributed by atoms with E-state index in [0.29, 0.717) is 25.8 Å². The molecule has 0 aliphatic rings. The molecule has 0 atom stereocenters. The summed E-state index contributed by atoms with van der Waals surface area (Å²) in [5.74, 6) is 0. The second-order valence-electron chi connectivity index (χ2n) is 2.01. The Morgan fingerprint density at radius 3 is 2.33 bits per heavy atom. The number of carbonyl (C=O) groups is 1. The summed E-state index contributed by atoms with van der Waals surface area (Å²) in [5.41, 5.74) is 0.372. The molecule has 0 radical (unpaired) electrons. The summed E-state index contributed by atoms with van der Waals surface area (Å²) in [7, 11) is 0. The largest absolute Gasteiger partial charge is 0.298 e. The molecule has 1 rings (SSSR count). The van der Waals surface area contributed by atoms with Crippen LogP contribution in [0.2, 0.25) is 10.0 Å². The molecule has 0 aliphatic carbocycles. The van der Waals surface area contributed by atoms with Gasteiger partial charge in [0.25, 0.3) is 0 Å². The van der Waals surface area contributed by atoms with Crippen LogP contribution in [-0.2, 0) is 0 Å². The number of hydrogen-bond acceptors (Lipinski definition) is 1. The third kappa shape index (κ3) is 1.84. The van der Waals surface area contributed by atoms with Gasteiger partial charge >= 0.3 is 0 Å². The van der Waals surface area contributed by atoms with Crippen LogP contribution in [0.5, 0.6) is 0 Å². The molecule has 12 heavy (non-hydrogen) atoms. The molecular formula is C7H2Br2Cl2O. The lowest BCUT2D eigenvalue weighted by Gasteiger charge is -2.03. The van der Waals surface area contributed by atoms with Gasteiger partial charge in [-0.15, -0.1) is 0 Å². The van der Waals surface area contributed by atoms with Crippen molar-refractivity contribution in [2.24, 2.45) is 0 Å². The summed E-state index contributed by atoms with van der Waals surface area (Å²) >= 11 is 18.0. The van der Waals surface area contributed by atoms with Crippen molar-refractivity contribution in [3.05, 3.63) is 30.6 Å². The van der Waals surface area contributed by atoms with Crippen LogP contribution in [-0.4, -0.2) is 6.29 Å². The van der Waals surface area contributed by atoms with Gasteiger partial charge in [0.05, 0.1) is 14.5 Å². The maximum atomic E-state index is 10.5. The number of carbonyl (C=O) groups excluding carboxylic acids is 1. The lowest BCUT2D eigenvalue weighted by Crippen LogP contribution is -1.85. The maximum absolute atomic E-state index is 10.5. The monoisotopic (exact) mass is 330 g/mol. The van der Waals surface area contributed by atoms with E-state index >= 15 is 0 Å². The van der Waals surface area contributed by atoms with E-state index in [1.165, 1.54) is 0 Å². The molecule has 0 amide bonds. The Morgan fingerprint density at radius 2 is 1.83 bits per heavy atom. The molecule has 0 aliphatic heterocycles. The number of benzene rings is 1. The highest BCUT2D eigenvalue weighted by atomic mass is 79.9. The average molecular weight is 333 g/mol. The minimum absolute atomic E-state index is 0.266. The molecular weight excluding hydrogens is 331 g/mol. The van der Waals surface area contributed by atoms with Crippen LogP contribution in [0.4, 0.5) is 0 Å². The van der Waals surface area contributed by atoms with E-state index in [4.69, 9.17) is 23.2 Å². The smallest absolute Gasteiger partial charge is 0.151 e. The summed E-state index contributed by atoms with van der Waals surface area (Å²) in [6.45, 7) is 0. The van der Waals surface area contributed by atoms with Crippen LogP contribution < -0.4 is 0 Å². The topological polar surface area (TPSA) is 17.1 Å². The van der Waals surface area contributed by atoms with Gasteiger partial charge in [-0.25, -0.2) is 0 Å². The van der Waals surface area contributed by atoms with Gasteiger partial charge < -0.3 is 0 Å². The van der Waals surface area contributed by atoms with Gasteiger partial charge in [-0.1, -0.05) is 23.2 Å². The Bertz CT molecular complexity index is 339. The van der Waals surface area contributed by atoms with E-state index in [0.717, 1.165) is 0 Å². The molecule has 1 aromatic carbocycles. The Hall–Kier alpha value is 0.430. The van der Waals surface area contributed by atoms with Crippen molar-refractivity contribution < 1.29 is 4.79 Å². The van der Waals surface area contributed by atoms with Gasteiger partial charge in [0.2, 0.25) is 0 Å². The normalized spacial score (nSPS) is 10.0. The fraction of sp³-hybridized carbons (Fsp3) is 0. The van der Waals surface area contributed by atoms with E-state index in [1.54, 1.807) is 6.07 Å². The van der Waals surface area contributed by atoms with Crippen molar-refractivity contribution in [3.63, 3.8) is 0 Å². The fourth-order valence-electron chi connectivity index (χ4n) is 0.677. The molecule has 0 aromatic heterocycles. The average Bonchev–Trinajstić information content (AvgIpc) is 2.08. The fourth-order valence-corrected chi connectivity index (χ4v) is 2.07. The minimum Gasteiger partial charge on any atom is -0.298 e. The molecule has 0 spiro atoms. The summed E-state index contributed by atoms with van der Waals surface area (Å²) in [5, 5.41) is 0.606. The SMILES string of the molecule is O=Cc1cc(Br)c(Br)c(Cl)c1Cl. The molecule has 0 fully saturated rings. The lowest BCUT2D eigenvalue weighted by molar-refractivity contribution is 0.112. The van der Waals surface area contributed by atoms with Crippen LogP contribution in [0.3, 0.4) is 0 Å². The van der Waals surface area contributed by atoms with Gasteiger partial charge in [0.1, 0.15) is 0 Å². The van der Waals surface area contributed by atoms with Crippen LogP contribution in [0, 0.1) is 0 Å². The second kappa shape index (κ2) is 4.09. The van der Waals surface area contributed by atoms with Crippen LogP contribution in [0.1, 0.15) is 10.4 Å². The number of rotatable bonds is 1. The van der Waals surface area contributed by atoms with Crippen molar-refractivity contribution in [3.8, 4) is 0 Å². The van der Waals surface area contributed by atoms with Crippen LogP contribution >= 0.6 is 55.1 Å². The molecule has 64 valence electrons. The molecule has 0 bridgehead atoms. The summed E-state index contributed by atoms with van der Waals surface area (Å²) < 4.78 is 1.36. The Morgan fingerprint density at radius 1 is 1.25 bits per heavy atom. The van der Waals surface area contributed by atoms with E-state index < -0.39 is 0 Å². The standard InChI is InChI=1S/C7H2Br2Cl2O/c8-4-1-3(2-12)6(10)7(11)5(4)9/h1-2H. The highest BCUT2D eigenvalue weighted by molar-refractivity contribution is 9.13. The quantitative estimate of drug-likeness (QED) is 0.425. The summed E-state index contributed by atoms with van der Waals surface area (Å²) in [6.07, 6.45) is 0.658. The minimum atomic E-state index is 0.266. The number of aldehydes is 1. The van der Waals surface area contributed by atoms with Crippen molar-refractivity contribution >= 4 is 61.3 Å². The van der Waals surface area contributed by atoms with E-state index in [9.17, 15) is 4.79 Å². The molecule has 1 nitrogen and oxygen atoms in total. The number of halogens is 4. The van der Waals surface area contributed by atoms with E-state index in [1.807, 2.05) is 0 Å². The van der Waals surface area contributed by atoms with Crippen LogP contribution in [0.15, 0.2) is 15.0 Å². The van der Waals surface area contributed by atoms with Crippen LogP contribution in [0.25, 0.3) is 0 Å². The van der Waals surface area contributed by atoms with E-state index in [-0.39, 0.29) is 5.02 Å². The molecule has 0 saturated carbocycles. The molecule has 0 heterocycles. The summed E-state index contributed by atoms with van der Waals surface area (Å²) in [6, 6.07) is 1.60. The predicted octanol–water partition coefficient (Wildman–Crippen LogP) is 4.33. The Balaban J connectivity index is 3.49. The van der Waals surface area contributed by atoms with E-state index in [2.05, 4.69) is 31.9 Å². The highest BCUT2D eigenvalue weighted by Crippen LogP contribution is 2.37. The first-order valence-corrected chi connectivity index (χ1v) is 5.20. The van der Waals surface area contributed by atoms with Gasteiger partial charge in [0.15, 0.2) is 6.29 Å². The molecule has 0 unspecified atom stereocenters. The van der Waals surface area contributed by atoms with Gasteiger partial charge in [-0.3, -0.25) is 4.79 Å². The van der Waals surface area contributed by atoms with Crippen molar-refractivity contribution in [1.82, 2.24) is 0 Å². The predicted molar refractivity (Wildman–Crippen MR) is 57.2 cm³/mol. The van der Waals surface area contributed by atoms with Gasteiger partial charge in [0, 0.05) is 10.0 Å². The van der Waals surface area contributed by atoms with Crippen molar-refractivity contribution in [1.29, 1.82) is 0 Å². The van der Waals surface area contributed by atoms with Crippen molar-refractivity contribution in [2.45, 2.75) is 0 Å². The first-order chi connectivity index (χ1) is 5.57. The Kier molecular flexibility index (Phi) is 3.58. The third-order valence-electron chi connectivity index (χ3n) is 1.26.